The van der Waals surface area contributed by atoms with Crippen LogP contribution in [-0.2, 0) is 4.79 Å². The van der Waals surface area contributed by atoms with Crippen molar-refractivity contribution in [2.75, 3.05) is 5.32 Å². The van der Waals surface area contributed by atoms with Gasteiger partial charge in [0.15, 0.2) is 0 Å². The van der Waals surface area contributed by atoms with Crippen molar-refractivity contribution >= 4 is 40.8 Å². The lowest BCUT2D eigenvalue weighted by molar-refractivity contribution is -0.120. The van der Waals surface area contributed by atoms with E-state index < -0.39 is 17.4 Å². The Balaban J connectivity index is 3.24. The van der Waals surface area contributed by atoms with E-state index in [1.807, 2.05) is 0 Å². The van der Waals surface area contributed by atoms with Crippen molar-refractivity contribution in [3.8, 4) is 0 Å². The van der Waals surface area contributed by atoms with Crippen LogP contribution < -0.4 is 11.1 Å². The Kier molecular flexibility index (Phi) is 4.21. The second kappa shape index (κ2) is 5.14. The first kappa shape index (κ1) is 14.8. The molecule has 18 heavy (non-hydrogen) atoms. The quantitative estimate of drug-likeness (QED) is 0.797. The highest BCUT2D eigenvalue weighted by Gasteiger charge is 2.25. The molecule has 0 aliphatic rings. The number of carboxylic acids is 1. The number of rotatable bonds is 3. The monoisotopic (exact) mass is 290 g/mol. The Morgan fingerprint density at radius 3 is 2.33 bits per heavy atom. The first-order valence-electron chi connectivity index (χ1n) is 4.95. The molecule has 1 rings (SSSR count). The smallest absolute Gasteiger partial charge is 0.337 e. The standard InChI is InChI=1S/C11H12Cl2N2O3/c1-11(2,14)10(18)15-8-6(9(16)17)3-5(12)4-7(8)13/h3-4H,14H2,1-2H3,(H,15,18)(H,16,17). The van der Waals surface area contributed by atoms with E-state index in [4.69, 9.17) is 34.0 Å². The van der Waals surface area contributed by atoms with Crippen LogP contribution in [0.2, 0.25) is 10.0 Å². The molecule has 98 valence electrons. The minimum atomic E-state index is -1.25. The first-order chi connectivity index (χ1) is 8.12. The van der Waals surface area contributed by atoms with Crippen LogP contribution in [-0.4, -0.2) is 22.5 Å². The van der Waals surface area contributed by atoms with Gasteiger partial charge in [-0.3, -0.25) is 4.79 Å². The third-order valence-electron chi connectivity index (χ3n) is 2.11. The van der Waals surface area contributed by atoms with Crippen molar-refractivity contribution < 1.29 is 14.7 Å². The number of anilines is 1. The summed E-state index contributed by atoms with van der Waals surface area (Å²) in [5.74, 6) is -1.79. The van der Waals surface area contributed by atoms with Gasteiger partial charge in [-0.05, 0) is 26.0 Å². The topological polar surface area (TPSA) is 92.4 Å². The third-order valence-corrected chi connectivity index (χ3v) is 2.63. The van der Waals surface area contributed by atoms with Gasteiger partial charge in [-0.15, -0.1) is 0 Å². The summed E-state index contributed by atoms with van der Waals surface area (Å²) in [6.07, 6.45) is 0. The van der Waals surface area contributed by atoms with Crippen LogP contribution in [0.4, 0.5) is 5.69 Å². The van der Waals surface area contributed by atoms with Crippen molar-refractivity contribution in [3.05, 3.63) is 27.7 Å². The number of halogens is 2. The number of hydrogen-bond donors (Lipinski definition) is 3. The summed E-state index contributed by atoms with van der Waals surface area (Å²) < 4.78 is 0. The van der Waals surface area contributed by atoms with Crippen molar-refractivity contribution in [2.24, 2.45) is 5.73 Å². The number of aromatic carboxylic acids is 1. The maximum Gasteiger partial charge on any atom is 0.337 e. The van der Waals surface area contributed by atoms with Gasteiger partial charge >= 0.3 is 5.97 Å². The lowest BCUT2D eigenvalue weighted by atomic mass is 10.1. The van der Waals surface area contributed by atoms with E-state index in [1.54, 1.807) is 0 Å². The second-order valence-corrected chi connectivity index (χ2v) is 5.13. The molecular weight excluding hydrogens is 279 g/mol. The summed E-state index contributed by atoms with van der Waals surface area (Å²) in [6, 6.07) is 2.55. The summed E-state index contributed by atoms with van der Waals surface area (Å²) >= 11 is 11.6. The van der Waals surface area contributed by atoms with E-state index >= 15 is 0 Å². The Bertz CT molecular complexity index is 510. The summed E-state index contributed by atoms with van der Waals surface area (Å²) in [7, 11) is 0. The Labute approximate surface area is 114 Å². The van der Waals surface area contributed by atoms with Gasteiger partial charge in [0.1, 0.15) is 0 Å². The first-order valence-corrected chi connectivity index (χ1v) is 5.71. The van der Waals surface area contributed by atoms with E-state index in [0.29, 0.717) is 0 Å². The number of hydrogen-bond acceptors (Lipinski definition) is 3. The summed E-state index contributed by atoms with van der Waals surface area (Å²) in [4.78, 5) is 22.8. The molecule has 1 aromatic carbocycles. The summed E-state index contributed by atoms with van der Waals surface area (Å²) in [5, 5.41) is 11.6. The fraction of sp³-hybridized carbons (Fsp3) is 0.273. The molecule has 0 unspecified atom stereocenters. The van der Waals surface area contributed by atoms with Crippen molar-refractivity contribution in [3.63, 3.8) is 0 Å². The third kappa shape index (κ3) is 3.35. The number of carbonyl (C=O) groups is 2. The van der Waals surface area contributed by atoms with Gasteiger partial charge in [-0.2, -0.15) is 0 Å². The minimum Gasteiger partial charge on any atom is -0.478 e. The van der Waals surface area contributed by atoms with Gasteiger partial charge in [-0.25, -0.2) is 4.79 Å². The number of carboxylic acid groups (broad SMARTS) is 1. The fourth-order valence-electron chi connectivity index (χ4n) is 1.14. The number of carbonyl (C=O) groups excluding carboxylic acids is 1. The lowest BCUT2D eigenvalue weighted by Gasteiger charge is -2.19. The van der Waals surface area contributed by atoms with E-state index in [1.165, 1.54) is 26.0 Å². The highest BCUT2D eigenvalue weighted by atomic mass is 35.5. The zero-order valence-electron chi connectivity index (χ0n) is 9.75. The Hall–Kier alpha value is -1.30. The Morgan fingerprint density at radius 1 is 1.33 bits per heavy atom. The number of benzene rings is 1. The normalized spacial score (nSPS) is 11.2. The molecule has 0 bridgehead atoms. The van der Waals surface area contributed by atoms with Crippen LogP contribution in [0.5, 0.6) is 0 Å². The average molecular weight is 291 g/mol. The molecule has 0 spiro atoms. The van der Waals surface area contributed by atoms with E-state index in [-0.39, 0.29) is 21.3 Å². The molecule has 0 aliphatic carbocycles. The predicted molar refractivity (Wildman–Crippen MR) is 70.3 cm³/mol. The maximum atomic E-state index is 11.7. The van der Waals surface area contributed by atoms with E-state index in [0.717, 1.165) is 0 Å². The number of amides is 1. The average Bonchev–Trinajstić information content (AvgIpc) is 2.19. The van der Waals surface area contributed by atoms with Gasteiger partial charge in [0, 0.05) is 5.02 Å². The van der Waals surface area contributed by atoms with Crippen LogP contribution >= 0.6 is 23.2 Å². The molecule has 0 saturated carbocycles. The highest BCUT2D eigenvalue weighted by Crippen LogP contribution is 2.30. The molecule has 1 amide bonds. The van der Waals surface area contributed by atoms with Crippen LogP contribution in [0.25, 0.3) is 0 Å². The molecule has 0 radical (unpaired) electrons. The van der Waals surface area contributed by atoms with Gasteiger partial charge < -0.3 is 16.2 Å². The number of nitrogens with two attached hydrogens (primary N) is 1. The van der Waals surface area contributed by atoms with Gasteiger partial charge in [-0.1, -0.05) is 23.2 Å². The van der Waals surface area contributed by atoms with Crippen molar-refractivity contribution in [1.82, 2.24) is 0 Å². The van der Waals surface area contributed by atoms with Gasteiger partial charge in [0.2, 0.25) is 5.91 Å². The van der Waals surface area contributed by atoms with Crippen LogP contribution in [0.1, 0.15) is 24.2 Å². The fourth-order valence-corrected chi connectivity index (χ4v) is 1.68. The van der Waals surface area contributed by atoms with E-state index in [9.17, 15) is 9.59 Å². The molecule has 0 atom stereocenters. The molecule has 5 nitrogen and oxygen atoms in total. The minimum absolute atomic E-state index is 0.0166. The zero-order chi connectivity index (χ0) is 14.1. The molecular formula is C11H12Cl2N2O3. The molecule has 0 aromatic heterocycles. The summed E-state index contributed by atoms with van der Waals surface area (Å²) in [5.41, 5.74) is 4.24. The summed E-state index contributed by atoms with van der Waals surface area (Å²) in [6.45, 7) is 2.99. The van der Waals surface area contributed by atoms with Crippen molar-refractivity contribution in [2.45, 2.75) is 19.4 Å². The molecule has 4 N–H and O–H groups in total. The molecule has 0 saturated heterocycles. The second-order valence-electron chi connectivity index (χ2n) is 4.29. The largest absolute Gasteiger partial charge is 0.478 e. The molecule has 7 heteroatoms. The van der Waals surface area contributed by atoms with Gasteiger partial charge in [0.25, 0.3) is 0 Å². The van der Waals surface area contributed by atoms with Crippen LogP contribution in [0.15, 0.2) is 12.1 Å². The molecule has 0 aliphatic heterocycles. The van der Waals surface area contributed by atoms with Crippen molar-refractivity contribution in [1.29, 1.82) is 0 Å². The zero-order valence-corrected chi connectivity index (χ0v) is 11.3. The lowest BCUT2D eigenvalue weighted by Crippen LogP contribution is -2.45. The van der Waals surface area contributed by atoms with Crippen LogP contribution in [0, 0.1) is 0 Å². The van der Waals surface area contributed by atoms with E-state index in [2.05, 4.69) is 5.32 Å². The predicted octanol–water partition coefficient (Wildman–Crippen LogP) is 2.37. The number of nitrogens with one attached hydrogen (secondary N) is 1. The Morgan fingerprint density at radius 2 is 1.89 bits per heavy atom. The van der Waals surface area contributed by atoms with Gasteiger partial charge in [0.05, 0.1) is 21.8 Å². The SMILES string of the molecule is CC(C)(N)C(=O)Nc1c(Cl)cc(Cl)cc1C(=O)O. The van der Waals surface area contributed by atoms with Crippen LogP contribution in [0.3, 0.4) is 0 Å². The highest BCUT2D eigenvalue weighted by molar-refractivity contribution is 6.37. The molecule has 0 fully saturated rings. The molecule has 1 aromatic rings. The molecule has 0 heterocycles. The maximum absolute atomic E-state index is 11.7.